The molecule has 1 saturated heterocycles. The van der Waals surface area contributed by atoms with Gasteiger partial charge >= 0.3 is 0 Å². The summed E-state index contributed by atoms with van der Waals surface area (Å²) in [6.07, 6.45) is 7.16. The highest BCUT2D eigenvalue weighted by Crippen LogP contribution is 2.26. The van der Waals surface area contributed by atoms with Crippen LogP contribution in [0.3, 0.4) is 0 Å². The number of piperazine rings is 1. The summed E-state index contributed by atoms with van der Waals surface area (Å²) in [5.74, 6) is 0.877. The highest BCUT2D eigenvalue weighted by Gasteiger charge is 2.20. The molecule has 0 radical (unpaired) electrons. The van der Waals surface area contributed by atoms with Crippen LogP contribution in [0.1, 0.15) is 11.3 Å². The van der Waals surface area contributed by atoms with E-state index in [9.17, 15) is 4.79 Å². The van der Waals surface area contributed by atoms with Crippen molar-refractivity contribution in [2.24, 2.45) is 0 Å². The Hall–Kier alpha value is -3.75. The van der Waals surface area contributed by atoms with Gasteiger partial charge in [-0.3, -0.25) is 9.69 Å². The molecule has 7 nitrogen and oxygen atoms in total. The second kappa shape index (κ2) is 10.7. The molecule has 0 spiro atoms. The molecule has 178 valence electrons. The van der Waals surface area contributed by atoms with Gasteiger partial charge in [0.2, 0.25) is 5.91 Å². The molecule has 0 aliphatic carbocycles. The number of methoxy groups -OCH3 is 1. The summed E-state index contributed by atoms with van der Waals surface area (Å²) in [6.45, 7) is 3.88. The zero-order chi connectivity index (χ0) is 24.0. The maximum absolute atomic E-state index is 12.7. The number of amides is 1. The predicted octanol–water partition coefficient (Wildman–Crippen LogP) is 4.36. The minimum absolute atomic E-state index is 0.0348. The number of carbonyl (C=O) groups excluding carboxylic acids is 1. The number of carbonyl (C=O) groups is 1. The summed E-state index contributed by atoms with van der Waals surface area (Å²) in [7, 11) is 1.67. The monoisotopic (exact) mass is 485 g/mol. The van der Waals surface area contributed by atoms with Crippen LogP contribution in [-0.4, -0.2) is 63.8 Å². The van der Waals surface area contributed by atoms with Crippen molar-refractivity contribution in [2.45, 2.75) is 6.54 Å². The average molecular weight is 486 g/mol. The number of benzene rings is 2. The van der Waals surface area contributed by atoms with E-state index in [1.54, 1.807) is 35.4 Å². The molecule has 1 aliphatic heterocycles. The van der Waals surface area contributed by atoms with Crippen LogP contribution in [0.2, 0.25) is 0 Å². The topological polar surface area (TPSA) is 63.5 Å². The van der Waals surface area contributed by atoms with Gasteiger partial charge in [-0.25, -0.2) is 9.67 Å². The summed E-state index contributed by atoms with van der Waals surface area (Å²) in [5, 5.41) is 7.51. The molecular formula is C27H27N5O2S. The van der Waals surface area contributed by atoms with Gasteiger partial charge in [0.15, 0.2) is 0 Å². The van der Waals surface area contributed by atoms with E-state index < -0.39 is 0 Å². The summed E-state index contributed by atoms with van der Waals surface area (Å²) < 4.78 is 7.04. The van der Waals surface area contributed by atoms with Gasteiger partial charge in [0.05, 0.1) is 24.7 Å². The average Bonchev–Trinajstić information content (AvgIpc) is 3.58. The van der Waals surface area contributed by atoms with Gasteiger partial charge in [-0.2, -0.15) is 5.10 Å². The molecule has 1 aliphatic rings. The van der Waals surface area contributed by atoms with Gasteiger partial charge in [-0.1, -0.05) is 18.2 Å². The molecule has 4 aromatic rings. The van der Waals surface area contributed by atoms with E-state index >= 15 is 0 Å². The summed E-state index contributed by atoms with van der Waals surface area (Å²) in [4.78, 5) is 21.8. The Bertz CT molecular complexity index is 1290. The standard InChI is InChI=1S/C27H27N5O2S/c1-34-25-10-8-22(9-11-25)27-29-23(20-35-27)19-30-13-15-31(16-14-30)26(33)12-7-21-17-28-32(18-21)24-5-3-2-4-6-24/h2-12,17-18,20H,13-16,19H2,1H3/b12-7+. The fraction of sp³-hybridized carbons (Fsp3) is 0.222. The van der Waals surface area contributed by atoms with Crippen molar-refractivity contribution in [1.29, 1.82) is 0 Å². The molecule has 0 N–H and O–H groups in total. The molecule has 0 bridgehead atoms. The van der Waals surface area contributed by atoms with E-state index in [1.165, 1.54) is 0 Å². The molecule has 3 heterocycles. The van der Waals surface area contributed by atoms with Crippen LogP contribution in [0, 0.1) is 0 Å². The van der Waals surface area contributed by atoms with Crippen LogP contribution in [0.5, 0.6) is 5.75 Å². The van der Waals surface area contributed by atoms with Crippen LogP contribution in [0.25, 0.3) is 22.3 Å². The molecule has 0 atom stereocenters. The number of ether oxygens (including phenoxy) is 1. The van der Waals surface area contributed by atoms with Crippen molar-refractivity contribution in [1.82, 2.24) is 24.6 Å². The fourth-order valence-corrected chi connectivity index (χ4v) is 4.84. The highest BCUT2D eigenvalue weighted by molar-refractivity contribution is 7.13. The second-order valence-electron chi connectivity index (χ2n) is 8.36. The van der Waals surface area contributed by atoms with Crippen LogP contribution >= 0.6 is 11.3 Å². The largest absolute Gasteiger partial charge is 0.497 e. The number of aromatic nitrogens is 3. The first-order valence-corrected chi connectivity index (χ1v) is 12.4. The van der Waals surface area contributed by atoms with Crippen LogP contribution in [0.4, 0.5) is 0 Å². The summed E-state index contributed by atoms with van der Waals surface area (Å²) >= 11 is 1.66. The minimum Gasteiger partial charge on any atom is -0.497 e. The highest BCUT2D eigenvalue weighted by atomic mass is 32.1. The molecule has 1 fully saturated rings. The van der Waals surface area contributed by atoms with Gasteiger partial charge in [0.25, 0.3) is 0 Å². The Labute approximate surface area is 208 Å². The molecule has 8 heteroatoms. The fourth-order valence-electron chi connectivity index (χ4n) is 4.02. The van der Waals surface area contributed by atoms with Crippen LogP contribution < -0.4 is 4.74 Å². The van der Waals surface area contributed by atoms with Crippen molar-refractivity contribution in [2.75, 3.05) is 33.3 Å². The smallest absolute Gasteiger partial charge is 0.246 e. The Balaban J connectivity index is 1.11. The normalized spacial score (nSPS) is 14.5. The SMILES string of the molecule is COc1ccc(-c2nc(CN3CCN(C(=O)/C=C/c4cnn(-c5ccccc5)c4)CC3)cs2)cc1. The van der Waals surface area contributed by atoms with Crippen molar-refractivity contribution in [3.8, 4) is 22.0 Å². The number of thiazole rings is 1. The van der Waals surface area contributed by atoms with Crippen molar-refractivity contribution < 1.29 is 9.53 Å². The first-order valence-electron chi connectivity index (χ1n) is 11.6. The molecule has 35 heavy (non-hydrogen) atoms. The summed E-state index contributed by atoms with van der Waals surface area (Å²) in [5.41, 5.74) is 4.05. The third-order valence-electron chi connectivity index (χ3n) is 6.00. The van der Waals surface area contributed by atoms with Crippen LogP contribution in [-0.2, 0) is 11.3 Å². The number of rotatable bonds is 7. The van der Waals surface area contributed by atoms with Crippen molar-refractivity contribution >= 4 is 23.3 Å². The van der Waals surface area contributed by atoms with E-state index in [4.69, 9.17) is 9.72 Å². The Kier molecular flexibility index (Phi) is 7.02. The zero-order valence-corrected chi connectivity index (χ0v) is 20.4. The lowest BCUT2D eigenvalue weighted by atomic mass is 10.2. The molecule has 0 unspecified atom stereocenters. The maximum Gasteiger partial charge on any atom is 0.246 e. The number of hydrogen-bond donors (Lipinski definition) is 0. The number of nitrogens with zero attached hydrogens (tertiary/aromatic N) is 5. The van der Waals surface area contributed by atoms with Crippen molar-refractivity contribution in [3.05, 3.63) is 89.7 Å². The van der Waals surface area contributed by atoms with Gasteiger partial charge in [-0.15, -0.1) is 11.3 Å². The zero-order valence-electron chi connectivity index (χ0n) is 19.6. The molecule has 1 amide bonds. The Morgan fingerprint density at radius 3 is 2.57 bits per heavy atom. The molecule has 2 aromatic heterocycles. The third kappa shape index (κ3) is 5.67. The molecular weight excluding hydrogens is 458 g/mol. The first kappa shape index (κ1) is 23.0. The lowest BCUT2D eigenvalue weighted by molar-refractivity contribution is -0.127. The number of para-hydroxylation sites is 1. The minimum atomic E-state index is 0.0348. The molecule has 0 saturated carbocycles. The van der Waals surface area contributed by atoms with E-state index in [0.717, 1.165) is 52.9 Å². The molecule has 2 aromatic carbocycles. The Morgan fingerprint density at radius 1 is 1.06 bits per heavy atom. The molecule has 5 rings (SSSR count). The number of hydrogen-bond acceptors (Lipinski definition) is 6. The maximum atomic E-state index is 12.7. The Morgan fingerprint density at radius 2 is 1.83 bits per heavy atom. The summed E-state index contributed by atoms with van der Waals surface area (Å²) in [6, 6.07) is 17.9. The van der Waals surface area contributed by atoms with E-state index in [0.29, 0.717) is 13.1 Å². The van der Waals surface area contributed by atoms with E-state index in [1.807, 2.05) is 71.8 Å². The lowest BCUT2D eigenvalue weighted by Gasteiger charge is -2.33. The predicted molar refractivity (Wildman–Crippen MR) is 139 cm³/mol. The lowest BCUT2D eigenvalue weighted by Crippen LogP contribution is -2.47. The van der Waals surface area contributed by atoms with E-state index in [2.05, 4.69) is 15.4 Å². The van der Waals surface area contributed by atoms with Crippen molar-refractivity contribution in [3.63, 3.8) is 0 Å². The van der Waals surface area contributed by atoms with Gasteiger partial charge in [0, 0.05) is 61.5 Å². The van der Waals surface area contributed by atoms with Gasteiger partial charge < -0.3 is 9.64 Å². The van der Waals surface area contributed by atoms with Gasteiger partial charge in [0.1, 0.15) is 10.8 Å². The quantitative estimate of drug-likeness (QED) is 0.364. The van der Waals surface area contributed by atoms with Gasteiger partial charge in [-0.05, 0) is 42.5 Å². The first-order chi connectivity index (χ1) is 17.2. The van der Waals surface area contributed by atoms with E-state index in [-0.39, 0.29) is 5.91 Å². The third-order valence-corrected chi connectivity index (χ3v) is 6.94. The van der Waals surface area contributed by atoms with Crippen LogP contribution in [0.15, 0.2) is 78.4 Å². The second-order valence-corrected chi connectivity index (χ2v) is 9.22.